The third-order valence-electron chi connectivity index (χ3n) is 2.99. The van der Waals surface area contributed by atoms with Gasteiger partial charge in [-0.3, -0.25) is 0 Å². The van der Waals surface area contributed by atoms with Crippen molar-refractivity contribution in [3.63, 3.8) is 0 Å². The number of nitriles is 1. The molecule has 0 atom stereocenters. The summed E-state index contributed by atoms with van der Waals surface area (Å²) >= 11 is 1.68. The number of anilines is 1. The van der Waals surface area contributed by atoms with E-state index in [4.69, 9.17) is 5.26 Å². The zero-order valence-electron chi connectivity index (χ0n) is 12.0. The highest BCUT2D eigenvalue weighted by Gasteiger charge is 2.08. The third-order valence-corrected chi connectivity index (χ3v) is 4.31. The molecule has 22 heavy (non-hydrogen) atoms. The fourth-order valence-electron chi connectivity index (χ4n) is 1.86. The average molecular weight is 311 g/mol. The van der Waals surface area contributed by atoms with Crippen LogP contribution in [-0.2, 0) is 0 Å². The number of nitrogens with one attached hydrogen (secondary N) is 2. The summed E-state index contributed by atoms with van der Waals surface area (Å²) in [5.41, 5.74) is 2.17. The van der Waals surface area contributed by atoms with Gasteiger partial charge in [-0.15, -0.1) is 21.5 Å². The second-order valence-electron chi connectivity index (χ2n) is 4.94. The minimum atomic E-state index is 0.260. The topological polar surface area (TPSA) is 103 Å². The van der Waals surface area contributed by atoms with Crippen molar-refractivity contribution >= 4 is 32.8 Å². The van der Waals surface area contributed by atoms with E-state index in [9.17, 15) is 0 Å². The number of benzene rings is 1. The van der Waals surface area contributed by atoms with Crippen LogP contribution in [0.15, 0.2) is 24.4 Å². The molecule has 0 unspecified atom stereocenters. The molecule has 0 saturated heterocycles. The molecule has 0 aliphatic carbocycles. The molecule has 2 heterocycles. The summed E-state index contributed by atoms with van der Waals surface area (Å²) in [6.07, 6.45) is 1.57. The fourth-order valence-corrected chi connectivity index (χ4v) is 2.87. The Kier molecular flexibility index (Phi) is 3.80. The molecular formula is C14H13N7S. The normalized spacial score (nSPS) is 11.8. The molecule has 0 aliphatic heterocycles. The molecule has 0 radical (unpaired) electrons. The van der Waals surface area contributed by atoms with Gasteiger partial charge in [0.15, 0.2) is 0 Å². The van der Waals surface area contributed by atoms with Crippen molar-refractivity contribution in [1.82, 2.24) is 25.6 Å². The Bertz CT molecular complexity index is 855. The van der Waals surface area contributed by atoms with Crippen LogP contribution in [0.3, 0.4) is 0 Å². The van der Waals surface area contributed by atoms with Gasteiger partial charge >= 0.3 is 0 Å². The van der Waals surface area contributed by atoms with Crippen LogP contribution in [0.5, 0.6) is 0 Å². The highest BCUT2D eigenvalue weighted by molar-refractivity contribution is 7.18. The van der Waals surface area contributed by atoms with Gasteiger partial charge in [0.2, 0.25) is 5.82 Å². The van der Waals surface area contributed by atoms with E-state index in [1.807, 2.05) is 24.3 Å². The highest BCUT2D eigenvalue weighted by Crippen LogP contribution is 2.29. The standard InChI is InChI=1S/C14H13N7S/c1-8(2)14-17-11-4-3-10(5-12(11)22-14)16-7-9(6-15)13-18-20-21-19-13/h3-5,7-8,16H,1-2H3,(H,18,19,20,21). The Morgan fingerprint density at radius 1 is 1.45 bits per heavy atom. The van der Waals surface area contributed by atoms with Crippen molar-refractivity contribution in [2.45, 2.75) is 19.8 Å². The monoisotopic (exact) mass is 311 g/mol. The molecule has 3 aromatic rings. The van der Waals surface area contributed by atoms with Gasteiger partial charge in [0.1, 0.15) is 11.6 Å². The number of allylic oxidation sites excluding steroid dienone is 1. The van der Waals surface area contributed by atoms with Crippen molar-refractivity contribution in [2.75, 3.05) is 5.32 Å². The second kappa shape index (κ2) is 5.91. The van der Waals surface area contributed by atoms with Gasteiger partial charge < -0.3 is 5.32 Å². The van der Waals surface area contributed by atoms with Crippen molar-refractivity contribution < 1.29 is 0 Å². The van der Waals surface area contributed by atoms with E-state index in [0.717, 1.165) is 20.9 Å². The van der Waals surface area contributed by atoms with Crippen LogP contribution in [0.1, 0.15) is 30.6 Å². The summed E-state index contributed by atoms with van der Waals surface area (Å²) in [6.45, 7) is 4.26. The molecule has 0 amide bonds. The van der Waals surface area contributed by atoms with Crippen LogP contribution < -0.4 is 5.32 Å². The molecule has 1 aromatic carbocycles. The maximum absolute atomic E-state index is 9.12. The molecule has 3 rings (SSSR count). The Balaban J connectivity index is 1.86. The molecule has 0 spiro atoms. The van der Waals surface area contributed by atoms with Gasteiger partial charge in [-0.2, -0.15) is 10.5 Å². The second-order valence-corrected chi connectivity index (χ2v) is 6.00. The Morgan fingerprint density at radius 2 is 2.32 bits per heavy atom. The lowest BCUT2D eigenvalue weighted by Gasteiger charge is -2.00. The quantitative estimate of drug-likeness (QED) is 0.718. The minimum Gasteiger partial charge on any atom is -0.360 e. The minimum absolute atomic E-state index is 0.260. The first-order chi connectivity index (χ1) is 10.7. The molecule has 0 bridgehead atoms. The molecular weight excluding hydrogens is 298 g/mol. The molecule has 8 heteroatoms. The van der Waals surface area contributed by atoms with Gasteiger partial charge in [0, 0.05) is 17.8 Å². The Hall–Kier alpha value is -2.79. The van der Waals surface area contributed by atoms with Gasteiger partial charge in [-0.05, 0) is 23.4 Å². The number of hydrogen-bond donors (Lipinski definition) is 2. The first-order valence-electron chi connectivity index (χ1n) is 6.68. The summed E-state index contributed by atoms with van der Waals surface area (Å²) in [6, 6.07) is 7.94. The molecule has 110 valence electrons. The molecule has 0 fully saturated rings. The van der Waals surface area contributed by atoms with Crippen LogP contribution >= 0.6 is 11.3 Å². The number of hydrogen-bond acceptors (Lipinski definition) is 7. The SMILES string of the molecule is CC(C)c1nc2ccc(NC=C(C#N)c3nn[nH]n3)cc2s1. The molecule has 0 aliphatic rings. The lowest BCUT2D eigenvalue weighted by Crippen LogP contribution is -1.92. The predicted octanol–water partition coefficient (Wildman–Crippen LogP) is 2.91. The largest absolute Gasteiger partial charge is 0.360 e. The van der Waals surface area contributed by atoms with Gasteiger partial charge in [0.05, 0.1) is 15.2 Å². The molecule has 0 saturated carbocycles. The van der Waals surface area contributed by atoms with Crippen molar-refractivity contribution in [1.29, 1.82) is 5.26 Å². The number of rotatable bonds is 4. The summed E-state index contributed by atoms with van der Waals surface area (Å²) in [5.74, 6) is 0.674. The summed E-state index contributed by atoms with van der Waals surface area (Å²) in [5, 5.41) is 26.7. The van der Waals surface area contributed by atoms with E-state index >= 15 is 0 Å². The maximum atomic E-state index is 9.12. The van der Waals surface area contributed by atoms with Gasteiger partial charge in [-0.25, -0.2) is 4.98 Å². The van der Waals surface area contributed by atoms with Crippen molar-refractivity contribution in [3.05, 3.63) is 35.2 Å². The lowest BCUT2D eigenvalue weighted by atomic mass is 10.2. The third kappa shape index (κ3) is 2.80. The highest BCUT2D eigenvalue weighted by atomic mass is 32.1. The Labute approximate surface area is 130 Å². The number of H-pyrrole nitrogens is 1. The number of fused-ring (bicyclic) bond motifs is 1. The number of aromatic nitrogens is 5. The molecule has 2 aromatic heterocycles. The zero-order valence-corrected chi connectivity index (χ0v) is 12.8. The van der Waals surface area contributed by atoms with E-state index in [1.54, 1.807) is 17.5 Å². The van der Waals surface area contributed by atoms with Crippen LogP contribution in [0.2, 0.25) is 0 Å². The molecule has 2 N–H and O–H groups in total. The summed E-state index contributed by atoms with van der Waals surface area (Å²) in [4.78, 5) is 4.60. The Morgan fingerprint density at radius 3 is 3.00 bits per heavy atom. The fraction of sp³-hybridized carbons (Fsp3) is 0.214. The number of thiazole rings is 1. The first-order valence-corrected chi connectivity index (χ1v) is 7.50. The van der Waals surface area contributed by atoms with Gasteiger partial charge in [0.25, 0.3) is 0 Å². The van der Waals surface area contributed by atoms with Crippen LogP contribution in [0.4, 0.5) is 5.69 Å². The number of tetrazole rings is 1. The summed E-state index contributed by atoms with van der Waals surface area (Å²) < 4.78 is 1.11. The number of aromatic amines is 1. The van der Waals surface area contributed by atoms with E-state index in [2.05, 4.69) is 44.8 Å². The van der Waals surface area contributed by atoms with Crippen LogP contribution in [0, 0.1) is 11.3 Å². The number of nitrogens with zero attached hydrogens (tertiary/aromatic N) is 5. The maximum Gasteiger partial charge on any atom is 0.216 e. The van der Waals surface area contributed by atoms with Crippen molar-refractivity contribution in [2.24, 2.45) is 0 Å². The van der Waals surface area contributed by atoms with Gasteiger partial charge in [-0.1, -0.05) is 13.8 Å². The summed E-state index contributed by atoms with van der Waals surface area (Å²) in [7, 11) is 0. The van der Waals surface area contributed by atoms with Crippen molar-refractivity contribution in [3.8, 4) is 6.07 Å². The first kappa shape index (κ1) is 14.2. The smallest absolute Gasteiger partial charge is 0.216 e. The lowest BCUT2D eigenvalue weighted by molar-refractivity contribution is 0.857. The van der Waals surface area contributed by atoms with Crippen LogP contribution in [0.25, 0.3) is 15.8 Å². The zero-order chi connectivity index (χ0) is 15.5. The van der Waals surface area contributed by atoms with E-state index < -0.39 is 0 Å². The predicted molar refractivity (Wildman–Crippen MR) is 85.1 cm³/mol. The molecule has 7 nitrogen and oxygen atoms in total. The van der Waals surface area contributed by atoms with E-state index in [0.29, 0.717) is 11.5 Å². The van der Waals surface area contributed by atoms with E-state index in [1.165, 1.54) is 0 Å². The average Bonchev–Trinajstić information content (AvgIpc) is 3.16. The van der Waals surface area contributed by atoms with Crippen LogP contribution in [-0.4, -0.2) is 25.6 Å². The van der Waals surface area contributed by atoms with E-state index in [-0.39, 0.29) is 5.82 Å².